The third-order valence-corrected chi connectivity index (χ3v) is 5.22. The van der Waals surface area contributed by atoms with Crippen LogP contribution in [0.1, 0.15) is 74.6 Å². The summed E-state index contributed by atoms with van der Waals surface area (Å²) in [7, 11) is 0. The predicted molar refractivity (Wildman–Crippen MR) is 95.7 cm³/mol. The van der Waals surface area contributed by atoms with E-state index < -0.39 is 0 Å². The Morgan fingerprint density at radius 1 is 0.833 bits per heavy atom. The second-order valence-electron chi connectivity index (χ2n) is 7.15. The summed E-state index contributed by atoms with van der Waals surface area (Å²) in [5.74, 6) is -0.257. The van der Waals surface area contributed by atoms with Gasteiger partial charge in [0.05, 0.1) is 5.56 Å². The third kappa shape index (κ3) is 5.32. The molecular weight excluding hydrogens is 300 g/mol. The minimum Gasteiger partial charge on any atom is -0.429 e. The summed E-state index contributed by atoms with van der Waals surface area (Å²) in [6.07, 6.45) is 12.0. The Morgan fingerprint density at radius 2 is 1.33 bits per heavy atom. The monoisotopic (exact) mass is 330 g/mol. The van der Waals surface area contributed by atoms with Crippen molar-refractivity contribution in [2.45, 2.75) is 82.6 Å². The number of carbonyl (C=O) groups excluding carboxylic acids is 1. The first-order chi connectivity index (χ1) is 11.8. The molecule has 1 aromatic rings. The molecule has 2 aliphatic rings. The zero-order valence-electron chi connectivity index (χ0n) is 14.5. The minimum atomic E-state index is -0.385. The second-order valence-corrected chi connectivity index (χ2v) is 7.15. The summed E-state index contributed by atoms with van der Waals surface area (Å²) in [4.78, 5) is 12.4. The highest BCUT2D eigenvalue weighted by atomic mass is 16.6. The van der Waals surface area contributed by atoms with E-state index >= 15 is 0 Å². The van der Waals surface area contributed by atoms with Crippen LogP contribution < -0.4 is 10.6 Å². The first-order valence-corrected chi connectivity index (χ1v) is 9.59. The van der Waals surface area contributed by atoms with Gasteiger partial charge in [0, 0.05) is 12.1 Å². The van der Waals surface area contributed by atoms with Gasteiger partial charge in [0.2, 0.25) is 6.35 Å². The van der Waals surface area contributed by atoms with Gasteiger partial charge >= 0.3 is 5.97 Å². The largest absolute Gasteiger partial charge is 0.429 e. The third-order valence-electron chi connectivity index (χ3n) is 5.22. The Kier molecular flexibility index (Phi) is 6.67. The number of nitrogens with one attached hydrogen (secondary N) is 2. The number of ether oxygens (including phenoxy) is 1. The van der Waals surface area contributed by atoms with Gasteiger partial charge in [-0.05, 0) is 37.8 Å². The highest BCUT2D eigenvalue weighted by molar-refractivity contribution is 5.89. The van der Waals surface area contributed by atoms with Gasteiger partial charge in [-0.15, -0.1) is 0 Å². The van der Waals surface area contributed by atoms with E-state index in [1.807, 2.05) is 18.2 Å². The second kappa shape index (κ2) is 9.19. The van der Waals surface area contributed by atoms with Crippen LogP contribution in [0.5, 0.6) is 0 Å². The van der Waals surface area contributed by atoms with Crippen molar-refractivity contribution in [3.8, 4) is 0 Å². The lowest BCUT2D eigenvalue weighted by atomic mass is 9.95. The fraction of sp³-hybridized carbons (Fsp3) is 0.650. The van der Waals surface area contributed by atoms with E-state index in [1.165, 1.54) is 64.2 Å². The Bertz CT molecular complexity index is 474. The first-order valence-electron chi connectivity index (χ1n) is 9.59. The Labute approximate surface area is 145 Å². The molecule has 2 aliphatic carbocycles. The molecule has 0 atom stereocenters. The predicted octanol–water partition coefficient (Wildman–Crippen LogP) is 3.97. The molecule has 132 valence electrons. The normalized spacial score (nSPS) is 20.2. The van der Waals surface area contributed by atoms with Crippen molar-refractivity contribution in [2.24, 2.45) is 0 Å². The molecule has 0 heterocycles. The average Bonchev–Trinajstić information content (AvgIpc) is 2.64. The summed E-state index contributed by atoms with van der Waals surface area (Å²) in [6.45, 7) is 0. The van der Waals surface area contributed by atoms with Crippen molar-refractivity contribution in [1.82, 2.24) is 10.6 Å². The molecule has 0 spiro atoms. The fourth-order valence-corrected chi connectivity index (χ4v) is 3.83. The van der Waals surface area contributed by atoms with Gasteiger partial charge in [-0.2, -0.15) is 0 Å². The lowest BCUT2D eigenvalue weighted by Gasteiger charge is -2.32. The molecule has 0 aliphatic heterocycles. The van der Waals surface area contributed by atoms with E-state index in [4.69, 9.17) is 4.74 Å². The van der Waals surface area contributed by atoms with Gasteiger partial charge in [-0.25, -0.2) is 4.79 Å². The minimum absolute atomic E-state index is 0.257. The molecule has 24 heavy (non-hydrogen) atoms. The molecular formula is C20H30N2O2. The van der Waals surface area contributed by atoms with E-state index in [-0.39, 0.29) is 12.3 Å². The summed E-state index contributed by atoms with van der Waals surface area (Å²) in [5, 5.41) is 7.10. The molecule has 2 N–H and O–H groups in total. The van der Waals surface area contributed by atoms with Crippen LogP contribution in [-0.2, 0) is 4.74 Å². The van der Waals surface area contributed by atoms with Gasteiger partial charge in [-0.1, -0.05) is 56.7 Å². The average molecular weight is 330 g/mol. The van der Waals surface area contributed by atoms with Crippen LogP contribution in [0.15, 0.2) is 30.3 Å². The van der Waals surface area contributed by atoms with E-state index in [0.717, 1.165) is 0 Å². The van der Waals surface area contributed by atoms with E-state index in [9.17, 15) is 4.79 Å². The molecule has 0 bridgehead atoms. The Hall–Kier alpha value is -1.39. The number of hydrogen-bond acceptors (Lipinski definition) is 4. The topological polar surface area (TPSA) is 50.4 Å². The zero-order chi connectivity index (χ0) is 16.6. The molecule has 4 heteroatoms. The van der Waals surface area contributed by atoms with Crippen molar-refractivity contribution < 1.29 is 9.53 Å². The summed E-state index contributed by atoms with van der Waals surface area (Å²) in [6, 6.07) is 10.2. The van der Waals surface area contributed by atoms with Crippen LogP contribution in [0.3, 0.4) is 0 Å². The Morgan fingerprint density at radius 3 is 1.83 bits per heavy atom. The quantitative estimate of drug-likeness (QED) is 0.612. The Balaban J connectivity index is 1.60. The lowest BCUT2D eigenvalue weighted by Crippen LogP contribution is -2.54. The van der Waals surface area contributed by atoms with Gasteiger partial charge in [0.1, 0.15) is 0 Å². The van der Waals surface area contributed by atoms with Crippen LogP contribution in [-0.4, -0.2) is 24.4 Å². The summed E-state index contributed by atoms with van der Waals surface area (Å²) >= 11 is 0. The van der Waals surface area contributed by atoms with Crippen LogP contribution in [0.4, 0.5) is 0 Å². The number of rotatable bonds is 6. The van der Waals surface area contributed by atoms with E-state index in [1.54, 1.807) is 12.1 Å². The van der Waals surface area contributed by atoms with Crippen molar-refractivity contribution in [3.63, 3.8) is 0 Å². The van der Waals surface area contributed by atoms with Gasteiger partial charge < -0.3 is 4.74 Å². The van der Waals surface area contributed by atoms with Crippen LogP contribution in [0.25, 0.3) is 0 Å². The van der Waals surface area contributed by atoms with Crippen LogP contribution in [0.2, 0.25) is 0 Å². The van der Waals surface area contributed by atoms with Crippen molar-refractivity contribution in [3.05, 3.63) is 35.9 Å². The molecule has 0 radical (unpaired) electrons. The zero-order valence-corrected chi connectivity index (χ0v) is 14.5. The molecule has 4 nitrogen and oxygen atoms in total. The maximum absolute atomic E-state index is 12.4. The van der Waals surface area contributed by atoms with E-state index in [0.29, 0.717) is 17.6 Å². The molecule has 0 saturated heterocycles. The van der Waals surface area contributed by atoms with Crippen LogP contribution >= 0.6 is 0 Å². The summed E-state index contributed by atoms with van der Waals surface area (Å²) < 4.78 is 5.78. The van der Waals surface area contributed by atoms with E-state index in [2.05, 4.69) is 10.6 Å². The van der Waals surface area contributed by atoms with Crippen molar-refractivity contribution in [1.29, 1.82) is 0 Å². The highest BCUT2D eigenvalue weighted by Crippen LogP contribution is 2.20. The molecule has 3 rings (SSSR count). The molecule has 2 saturated carbocycles. The molecule has 0 aromatic heterocycles. The number of hydrogen-bond donors (Lipinski definition) is 2. The van der Waals surface area contributed by atoms with Gasteiger partial charge in [0.25, 0.3) is 0 Å². The SMILES string of the molecule is O=C(OC(NC1CCCCC1)NC1CCCCC1)c1ccccc1. The van der Waals surface area contributed by atoms with Crippen molar-refractivity contribution in [2.75, 3.05) is 0 Å². The van der Waals surface area contributed by atoms with Crippen molar-refractivity contribution >= 4 is 5.97 Å². The van der Waals surface area contributed by atoms with Crippen LogP contribution in [0, 0.1) is 0 Å². The maximum Gasteiger partial charge on any atom is 0.340 e. The lowest BCUT2D eigenvalue weighted by molar-refractivity contribution is -0.00111. The first kappa shape index (κ1) is 17.4. The maximum atomic E-state index is 12.4. The smallest absolute Gasteiger partial charge is 0.340 e. The molecule has 2 fully saturated rings. The van der Waals surface area contributed by atoms with Gasteiger partial charge in [-0.3, -0.25) is 10.6 Å². The fourth-order valence-electron chi connectivity index (χ4n) is 3.83. The molecule has 0 amide bonds. The number of esters is 1. The van der Waals surface area contributed by atoms with Gasteiger partial charge in [0.15, 0.2) is 0 Å². The number of carbonyl (C=O) groups is 1. The highest BCUT2D eigenvalue weighted by Gasteiger charge is 2.24. The standard InChI is InChI=1S/C20H30N2O2/c23-19(16-10-4-1-5-11-16)24-20(21-17-12-6-2-7-13-17)22-18-14-8-3-9-15-18/h1,4-5,10-11,17-18,20-22H,2-3,6-9,12-15H2. The molecule has 0 unspecified atom stereocenters. The molecule has 1 aromatic carbocycles. The summed E-state index contributed by atoms with van der Waals surface area (Å²) in [5.41, 5.74) is 0.610. The number of benzene rings is 1.